The van der Waals surface area contributed by atoms with Crippen LogP contribution in [0.25, 0.3) is 10.9 Å². The van der Waals surface area contributed by atoms with Gasteiger partial charge in [-0.05, 0) is 43.5 Å². The van der Waals surface area contributed by atoms with Gasteiger partial charge in [-0.25, -0.2) is 4.99 Å². The molecule has 0 amide bonds. The highest BCUT2D eigenvalue weighted by Crippen LogP contribution is 2.15. The van der Waals surface area contributed by atoms with Gasteiger partial charge in [0.1, 0.15) is 0 Å². The Bertz CT molecular complexity index is 826. The van der Waals surface area contributed by atoms with E-state index in [4.69, 9.17) is 5.73 Å². The van der Waals surface area contributed by atoms with Gasteiger partial charge in [0.15, 0.2) is 5.96 Å². The maximum Gasteiger partial charge on any atom is 0.255 e. The Balaban J connectivity index is 1.68. The second-order valence-corrected chi connectivity index (χ2v) is 6.60. The zero-order valence-corrected chi connectivity index (χ0v) is 15.0. The highest BCUT2D eigenvalue weighted by molar-refractivity contribution is 5.80. The van der Waals surface area contributed by atoms with E-state index >= 15 is 0 Å². The number of aryl methyl sites for hydroxylation is 1. The third kappa shape index (κ3) is 3.85. The first-order valence-corrected chi connectivity index (χ1v) is 8.95. The van der Waals surface area contributed by atoms with Gasteiger partial charge in [-0.3, -0.25) is 9.69 Å². The molecule has 1 fully saturated rings. The number of guanidine groups is 1. The van der Waals surface area contributed by atoms with Crippen LogP contribution in [0.3, 0.4) is 0 Å². The lowest BCUT2D eigenvalue weighted by Crippen LogP contribution is -2.42. The molecule has 0 bridgehead atoms. The molecule has 3 N–H and O–H groups in total. The summed E-state index contributed by atoms with van der Waals surface area (Å²) >= 11 is 0. The first-order chi connectivity index (χ1) is 12.1. The van der Waals surface area contributed by atoms with E-state index in [2.05, 4.69) is 22.1 Å². The number of hydrogen-bond acceptors (Lipinski definition) is 3. The van der Waals surface area contributed by atoms with Gasteiger partial charge in [0.2, 0.25) is 0 Å². The normalized spacial score (nSPS) is 18.8. The predicted molar refractivity (Wildman–Crippen MR) is 103 cm³/mol. The zero-order valence-electron chi connectivity index (χ0n) is 15.0. The van der Waals surface area contributed by atoms with E-state index < -0.39 is 0 Å². The summed E-state index contributed by atoms with van der Waals surface area (Å²) in [6.07, 6.45) is 2.43. The Hall–Kier alpha value is -2.34. The van der Waals surface area contributed by atoms with Crippen molar-refractivity contribution in [2.45, 2.75) is 32.4 Å². The molecule has 6 nitrogen and oxygen atoms in total. The Morgan fingerprint density at radius 2 is 2.20 bits per heavy atom. The minimum atomic E-state index is -0.0248. The van der Waals surface area contributed by atoms with Crippen molar-refractivity contribution in [1.82, 2.24) is 14.8 Å². The molecule has 25 heavy (non-hydrogen) atoms. The van der Waals surface area contributed by atoms with Gasteiger partial charge >= 0.3 is 0 Å². The molecule has 0 spiro atoms. The molecule has 1 atom stereocenters. The van der Waals surface area contributed by atoms with E-state index in [9.17, 15) is 4.79 Å². The number of pyridine rings is 1. The maximum absolute atomic E-state index is 12.5. The Kier molecular flexibility index (Phi) is 5.38. The standard InChI is InChI=1S/C19H27N5O/c1-3-24-10-6-8-16(24)13-22-19(20)21-12-15-11-14-7-4-5-9-17(14)23(2)18(15)25/h4-5,7,9,11,16H,3,6,8,10,12-13H2,1-2H3,(H3,20,21,22). The van der Waals surface area contributed by atoms with Crippen LogP contribution in [-0.2, 0) is 13.6 Å². The van der Waals surface area contributed by atoms with Gasteiger partial charge in [0.25, 0.3) is 5.56 Å². The second kappa shape index (κ2) is 7.70. The number of aliphatic imine (C=N–C) groups is 1. The van der Waals surface area contributed by atoms with Gasteiger partial charge in [0, 0.05) is 25.2 Å². The number of likely N-dealkylation sites (N-methyl/N-ethyl adjacent to an activating group) is 1. The number of nitrogens with zero attached hydrogens (tertiary/aromatic N) is 3. The summed E-state index contributed by atoms with van der Waals surface area (Å²) in [5.41, 5.74) is 7.55. The van der Waals surface area contributed by atoms with E-state index in [-0.39, 0.29) is 5.56 Å². The predicted octanol–water partition coefficient (Wildman–Crippen LogP) is 1.43. The summed E-state index contributed by atoms with van der Waals surface area (Å²) in [4.78, 5) is 19.3. The summed E-state index contributed by atoms with van der Waals surface area (Å²) < 4.78 is 1.67. The smallest absolute Gasteiger partial charge is 0.255 e. The molecule has 1 saturated heterocycles. The highest BCUT2D eigenvalue weighted by atomic mass is 16.1. The number of fused-ring (bicyclic) bond motifs is 1. The maximum atomic E-state index is 12.5. The lowest BCUT2D eigenvalue weighted by Gasteiger charge is -2.23. The fourth-order valence-corrected chi connectivity index (χ4v) is 3.59. The first kappa shape index (κ1) is 17.5. The lowest BCUT2D eigenvalue weighted by molar-refractivity contribution is 0.267. The molecule has 0 aliphatic carbocycles. The molecular formula is C19H27N5O. The van der Waals surface area contributed by atoms with Crippen LogP contribution in [0.2, 0.25) is 0 Å². The molecule has 1 aliphatic heterocycles. The molecule has 2 heterocycles. The largest absolute Gasteiger partial charge is 0.370 e. The number of aromatic nitrogens is 1. The van der Waals surface area contributed by atoms with E-state index in [0.29, 0.717) is 24.1 Å². The van der Waals surface area contributed by atoms with Gasteiger partial charge in [-0.1, -0.05) is 25.1 Å². The second-order valence-electron chi connectivity index (χ2n) is 6.60. The van der Waals surface area contributed by atoms with Gasteiger partial charge in [0.05, 0.1) is 12.1 Å². The number of benzene rings is 1. The number of nitrogens with one attached hydrogen (secondary N) is 1. The quantitative estimate of drug-likeness (QED) is 0.637. The number of hydrogen-bond donors (Lipinski definition) is 2. The molecule has 6 heteroatoms. The summed E-state index contributed by atoms with van der Waals surface area (Å²) in [5.74, 6) is 0.401. The molecule has 2 aromatic rings. The fraction of sp³-hybridized carbons (Fsp3) is 0.474. The van der Waals surface area contributed by atoms with Crippen molar-refractivity contribution in [3.63, 3.8) is 0 Å². The summed E-state index contributed by atoms with van der Waals surface area (Å²) in [6, 6.07) is 10.3. The first-order valence-electron chi connectivity index (χ1n) is 8.95. The van der Waals surface area contributed by atoms with Crippen LogP contribution in [0.5, 0.6) is 0 Å². The fourth-order valence-electron chi connectivity index (χ4n) is 3.59. The number of para-hydroxylation sites is 1. The zero-order chi connectivity index (χ0) is 17.8. The average molecular weight is 341 g/mol. The number of rotatable bonds is 5. The highest BCUT2D eigenvalue weighted by Gasteiger charge is 2.22. The molecule has 134 valence electrons. The number of likely N-dealkylation sites (tertiary alicyclic amines) is 1. The third-order valence-electron chi connectivity index (χ3n) is 5.05. The summed E-state index contributed by atoms with van der Waals surface area (Å²) in [5, 5.41) is 4.24. The minimum absolute atomic E-state index is 0.0248. The van der Waals surface area contributed by atoms with Crippen LogP contribution >= 0.6 is 0 Å². The van der Waals surface area contributed by atoms with Gasteiger partial charge in [-0.2, -0.15) is 0 Å². The van der Waals surface area contributed by atoms with E-state index in [1.54, 1.807) is 11.6 Å². The van der Waals surface area contributed by atoms with E-state index in [1.165, 1.54) is 12.8 Å². The van der Waals surface area contributed by atoms with Crippen LogP contribution in [0.4, 0.5) is 0 Å². The van der Waals surface area contributed by atoms with Crippen molar-refractivity contribution in [2.75, 3.05) is 19.6 Å². The van der Waals surface area contributed by atoms with Crippen molar-refractivity contribution in [3.05, 3.63) is 46.2 Å². The topological polar surface area (TPSA) is 75.7 Å². The number of nitrogens with two attached hydrogens (primary N) is 1. The van der Waals surface area contributed by atoms with E-state index in [1.807, 2.05) is 30.3 Å². The Morgan fingerprint density at radius 3 is 3.00 bits per heavy atom. The monoisotopic (exact) mass is 341 g/mol. The molecule has 3 rings (SSSR count). The van der Waals surface area contributed by atoms with E-state index in [0.717, 1.165) is 30.5 Å². The summed E-state index contributed by atoms with van der Waals surface area (Å²) in [7, 11) is 1.79. The van der Waals surface area contributed by atoms with Crippen LogP contribution < -0.4 is 16.6 Å². The van der Waals surface area contributed by atoms with Crippen LogP contribution in [0.15, 0.2) is 40.1 Å². The SMILES string of the molecule is CCN1CCCC1CNC(N)=NCc1cc2ccccc2n(C)c1=O. The molecule has 0 radical (unpaired) electrons. The van der Waals surface area contributed by atoms with Crippen molar-refractivity contribution in [1.29, 1.82) is 0 Å². The van der Waals surface area contributed by atoms with Gasteiger partial charge in [-0.15, -0.1) is 0 Å². The van der Waals surface area contributed by atoms with Crippen molar-refractivity contribution < 1.29 is 0 Å². The molecular weight excluding hydrogens is 314 g/mol. The lowest BCUT2D eigenvalue weighted by atomic mass is 10.1. The van der Waals surface area contributed by atoms with Crippen molar-refractivity contribution in [2.24, 2.45) is 17.8 Å². The Labute approximate surface area is 148 Å². The van der Waals surface area contributed by atoms with Crippen LogP contribution in [0.1, 0.15) is 25.3 Å². The molecule has 1 aliphatic rings. The molecule has 1 aromatic heterocycles. The minimum Gasteiger partial charge on any atom is -0.370 e. The van der Waals surface area contributed by atoms with Crippen LogP contribution in [0, 0.1) is 0 Å². The van der Waals surface area contributed by atoms with Gasteiger partial charge < -0.3 is 15.6 Å². The Morgan fingerprint density at radius 1 is 1.40 bits per heavy atom. The summed E-state index contributed by atoms with van der Waals surface area (Å²) in [6.45, 7) is 5.51. The molecule has 1 unspecified atom stereocenters. The average Bonchev–Trinajstić information content (AvgIpc) is 3.09. The third-order valence-corrected chi connectivity index (χ3v) is 5.05. The molecule has 0 saturated carbocycles. The van der Waals surface area contributed by atoms with Crippen molar-refractivity contribution >= 4 is 16.9 Å². The molecule has 1 aromatic carbocycles. The van der Waals surface area contributed by atoms with Crippen molar-refractivity contribution in [3.8, 4) is 0 Å². The van der Waals surface area contributed by atoms with Crippen LogP contribution in [-0.4, -0.2) is 41.1 Å².